The number of aromatic nitrogens is 1. The first-order valence-electron chi connectivity index (χ1n) is 8.92. The van der Waals surface area contributed by atoms with Crippen LogP contribution in [-0.4, -0.2) is 16.9 Å². The lowest BCUT2D eigenvalue weighted by Crippen LogP contribution is -2.35. The molecule has 1 atom stereocenters. The summed E-state index contributed by atoms with van der Waals surface area (Å²) in [5.41, 5.74) is 5.26. The molecule has 1 aromatic carbocycles. The zero-order valence-electron chi connectivity index (χ0n) is 14.3. The number of rotatable bonds is 2. The number of allylic oxidation sites excluding steroid dienone is 1. The molecule has 0 unspecified atom stereocenters. The molecule has 0 aliphatic heterocycles. The Morgan fingerprint density at radius 2 is 2.24 bits per heavy atom. The van der Waals surface area contributed by atoms with Crippen molar-refractivity contribution in [2.75, 3.05) is 0 Å². The van der Waals surface area contributed by atoms with Gasteiger partial charge < -0.3 is 10.3 Å². The smallest absolute Gasteiger partial charge is 0.296 e. The monoisotopic (exact) mass is 336 g/mol. The lowest BCUT2D eigenvalue weighted by Gasteiger charge is -2.24. The SMILES string of the molecule is CC#CC(=O)N[C@H]1CCC=C(c2c(F)ccc3[nH]c4c(c23)CCC4)C1. The Morgan fingerprint density at radius 1 is 1.36 bits per heavy atom. The summed E-state index contributed by atoms with van der Waals surface area (Å²) in [7, 11) is 0. The quantitative estimate of drug-likeness (QED) is 0.804. The third kappa shape index (κ3) is 2.84. The molecule has 1 aromatic heterocycles. The van der Waals surface area contributed by atoms with Crippen molar-refractivity contribution < 1.29 is 9.18 Å². The highest BCUT2D eigenvalue weighted by Gasteiger charge is 2.25. The van der Waals surface area contributed by atoms with Crippen LogP contribution in [0, 0.1) is 17.7 Å². The fourth-order valence-corrected chi connectivity index (χ4v) is 4.20. The van der Waals surface area contributed by atoms with Gasteiger partial charge in [-0.1, -0.05) is 12.0 Å². The number of fused-ring (bicyclic) bond motifs is 3. The number of hydrogen-bond donors (Lipinski definition) is 2. The predicted octanol–water partition coefficient (Wildman–Crippen LogP) is 3.87. The van der Waals surface area contributed by atoms with E-state index in [9.17, 15) is 9.18 Å². The van der Waals surface area contributed by atoms with Gasteiger partial charge in [0, 0.05) is 28.2 Å². The Morgan fingerprint density at radius 3 is 3.08 bits per heavy atom. The number of halogens is 1. The number of H-pyrrole nitrogens is 1. The number of aromatic amines is 1. The van der Waals surface area contributed by atoms with Crippen LogP contribution >= 0.6 is 0 Å². The maximum absolute atomic E-state index is 14.8. The van der Waals surface area contributed by atoms with E-state index in [1.807, 2.05) is 6.07 Å². The van der Waals surface area contributed by atoms with Crippen molar-refractivity contribution in [2.24, 2.45) is 0 Å². The van der Waals surface area contributed by atoms with E-state index in [0.29, 0.717) is 6.42 Å². The molecule has 4 heteroatoms. The molecule has 1 amide bonds. The Hall–Kier alpha value is -2.54. The third-order valence-electron chi connectivity index (χ3n) is 5.23. The summed E-state index contributed by atoms with van der Waals surface area (Å²) in [6.07, 6.45) is 7.64. The molecule has 2 aliphatic carbocycles. The first kappa shape index (κ1) is 16.0. The predicted molar refractivity (Wildman–Crippen MR) is 97.5 cm³/mol. The zero-order valence-corrected chi connectivity index (χ0v) is 14.3. The van der Waals surface area contributed by atoms with Gasteiger partial charge >= 0.3 is 0 Å². The molecular formula is C21H21FN2O. The van der Waals surface area contributed by atoms with E-state index in [1.165, 1.54) is 11.3 Å². The number of carbonyl (C=O) groups excluding carboxylic acids is 1. The van der Waals surface area contributed by atoms with E-state index < -0.39 is 0 Å². The zero-order chi connectivity index (χ0) is 17.4. The minimum atomic E-state index is -0.255. The topological polar surface area (TPSA) is 44.9 Å². The van der Waals surface area contributed by atoms with Gasteiger partial charge in [0.25, 0.3) is 5.91 Å². The van der Waals surface area contributed by atoms with Crippen LogP contribution in [0.4, 0.5) is 4.39 Å². The lowest BCUT2D eigenvalue weighted by atomic mass is 9.87. The summed E-state index contributed by atoms with van der Waals surface area (Å²) in [6, 6.07) is 3.40. The molecule has 128 valence electrons. The number of hydrogen-bond acceptors (Lipinski definition) is 1. The molecule has 0 bridgehead atoms. The Bertz CT molecular complexity index is 942. The second kappa shape index (κ2) is 6.40. The summed E-state index contributed by atoms with van der Waals surface area (Å²) in [6.45, 7) is 1.65. The molecular weight excluding hydrogens is 315 g/mol. The van der Waals surface area contributed by atoms with Crippen molar-refractivity contribution in [3.8, 4) is 11.8 Å². The van der Waals surface area contributed by atoms with Crippen LogP contribution in [0.15, 0.2) is 18.2 Å². The van der Waals surface area contributed by atoms with Gasteiger partial charge in [0.2, 0.25) is 0 Å². The fourth-order valence-electron chi connectivity index (χ4n) is 4.20. The molecule has 3 nitrogen and oxygen atoms in total. The normalized spacial score (nSPS) is 19.1. The molecule has 2 aromatic rings. The van der Waals surface area contributed by atoms with Crippen molar-refractivity contribution >= 4 is 22.4 Å². The van der Waals surface area contributed by atoms with Crippen LogP contribution in [0.1, 0.15) is 49.4 Å². The maximum atomic E-state index is 14.8. The lowest BCUT2D eigenvalue weighted by molar-refractivity contribution is -0.116. The Kier molecular flexibility index (Phi) is 4.09. The van der Waals surface area contributed by atoms with E-state index >= 15 is 0 Å². The standard InChI is InChI=1S/C21H21FN2O/c1-2-5-19(25)23-14-7-3-6-13(12-14)20-16(22)10-11-18-21(20)15-8-4-9-17(15)24-18/h6,10-11,14,24H,3-4,7-9,12H2,1H3,(H,23,25)/t14-/m0/s1. The number of benzene rings is 1. The molecule has 25 heavy (non-hydrogen) atoms. The third-order valence-corrected chi connectivity index (χ3v) is 5.23. The molecule has 4 rings (SSSR count). The summed E-state index contributed by atoms with van der Waals surface area (Å²) < 4.78 is 14.8. The van der Waals surface area contributed by atoms with Crippen LogP contribution < -0.4 is 5.32 Å². The first-order chi connectivity index (χ1) is 12.2. The highest BCUT2D eigenvalue weighted by Crippen LogP contribution is 2.39. The van der Waals surface area contributed by atoms with Crippen molar-refractivity contribution in [2.45, 2.75) is 51.5 Å². The average molecular weight is 336 g/mol. The molecule has 0 saturated heterocycles. The van der Waals surface area contributed by atoms with Crippen LogP contribution in [0.5, 0.6) is 0 Å². The number of amides is 1. The van der Waals surface area contributed by atoms with Gasteiger partial charge in [-0.3, -0.25) is 4.79 Å². The van der Waals surface area contributed by atoms with Gasteiger partial charge in [-0.15, -0.1) is 0 Å². The van der Waals surface area contributed by atoms with E-state index in [2.05, 4.69) is 28.2 Å². The Balaban J connectivity index is 1.71. The van der Waals surface area contributed by atoms with Gasteiger partial charge in [0.05, 0.1) is 0 Å². The van der Waals surface area contributed by atoms with Crippen molar-refractivity contribution in [1.29, 1.82) is 0 Å². The largest absolute Gasteiger partial charge is 0.358 e. The highest BCUT2D eigenvalue weighted by molar-refractivity contribution is 5.97. The molecule has 0 saturated carbocycles. The van der Waals surface area contributed by atoms with Crippen molar-refractivity contribution in [3.63, 3.8) is 0 Å². The van der Waals surface area contributed by atoms with Gasteiger partial charge in [0.15, 0.2) is 0 Å². The van der Waals surface area contributed by atoms with Gasteiger partial charge in [-0.25, -0.2) is 4.39 Å². The molecule has 0 fully saturated rings. The van der Waals surface area contributed by atoms with Crippen LogP contribution in [0.25, 0.3) is 16.5 Å². The Labute approximate surface area is 146 Å². The second-order valence-electron chi connectivity index (χ2n) is 6.84. The number of carbonyl (C=O) groups is 1. The number of nitrogens with one attached hydrogen (secondary N) is 2. The van der Waals surface area contributed by atoms with E-state index in [0.717, 1.165) is 54.1 Å². The minimum absolute atomic E-state index is 0.00926. The van der Waals surface area contributed by atoms with Gasteiger partial charge in [0.1, 0.15) is 5.82 Å². The van der Waals surface area contributed by atoms with Gasteiger partial charge in [-0.2, -0.15) is 0 Å². The van der Waals surface area contributed by atoms with Crippen molar-refractivity contribution in [1.82, 2.24) is 10.3 Å². The van der Waals surface area contributed by atoms with Crippen LogP contribution in [-0.2, 0) is 17.6 Å². The fraction of sp³-hybridized carbons (Fsp3) is 0.381. The summed E-state index contributed by atoms with van der Waals surface area (Å²) >= 11 is 0. The van der Waals surface area contributed by atoms with E-state index in [-0.39, 0.29) is 17.8 Å². The minimum Gasteiger partial charge on any atom is -0.358 e. The van der Waals surface area contributed by atoms with Gasteiger partial charge in [-0.05, 0) is 74.6 Å². The summed E-state index contributed by atoms with van der Waals surface area (Å²) in [4.78, 5) is 15.2. The molecule has 1 heterocycles. The van der Waals surface area contributed by atoms with Crippen LogP contribution in [0.3, 0.4) is 0 Å². The molecule has 0 spiro atoms. The molecule has 2 N–H and O–H groups in total. The summed E-state index contributed by atoms with van der Waals surface area (Å²) in [5, 5.41) is 3.99. The van der Waals surface area contributed by atoms with Crippen LogP contribution in [0.2, 0.25) is 0 Å². The second-order valence-corrected chi connectivity index (χ2v) is 6.84. The average Bonchev–Trinajstić information content (AvgIpc) is 3.16. The number of aryl methyl sites for hydroxylation is 2. The van der Waals surface area contributed by atoms with Crippen molar-refractivity contribution in [3.05, 3.63) is 40.8 Å². The molecule has 0 radical (unpaired) electrons. The summed E-state index contributed by atoms with van der Waals surface area (Å²) in [5.74, 6) is 4.71. The van der Waals surface area contributed by atoms with E-state index in [4.69, 9.17) is 0 Å². The van der Waals surface area contributed by atoms with E-state index in [1.54, 1.807) is 13.0 Å². The highest BCUT2D eigenvalue weighted by atomic mass is 19.1. The first-order valence-corrected chi connectivity index (χ1v) is 8.92. The maximum Gasteiger partial charge on any atom is 0.296 e. The molecule has 2 aliphatic rings.